The summed E-state index contributed by atoms with van der Waals surface area (Å²) in [5.41, 5.74) is 0.485. The van der Waals surface area contributed by atoms with Crippen molar-refractivity contribution in [1.82, 2.24) is 0 Å². The lowest BCUT2D eigenvalue weighted by molar-refractivity contribution is 0.0978. The van der Waals surface area contributed by atoms with Crippen LogP contribution in [0.1, 0.15) is 159 Å². The SMILES string of the molecule is CCCCCCCCCCCCCCCCCCCCCCCC(=O)c1ccc(O)c(O)c1. The maximum Gasteiger partial charge on any atom is 0.163 e. The fourth-order valence-corrected chi connectivity index (χ4v) is 4.56. The van der Waals surface area contributed by atoms with E-state index in [0.29, 0.717) is 12.0 Å². The molecular formula is C30H52O3. The minimum atomic E-state index is -0.223. The van der Waals surface area contributed by atoms with E-state index in [9.17, 15) is 15.0 Å². The molecule has 190 valence electrons. The number of hydrogen-bond donors (Lipinski definition) is 2. The van der Waals surface area contributed by atoms with Gasteiger partial charge in [0.2, 0.25) is 0 Å². The number of carbonyl (C=O) groups excluding carboxylic acids is 1. The van der Waals surface area contributed by atoms with E-state index >= 15 is 0 Å². The molecule has 0 aliphatic carbocycles. The second-order valence-electron chi connectivity index (χ2n) is 9.95. The average molecular weight is 461 g/mol. The van der Waals surface area contributed by atoms with Crippen LogP contribution in [0.3, 0.4) is 0 Å². The largest absolute Gasteiger partial charge is 0.504 e. The van der Waals surface area contributed by atoms with Crippen LogP contribution in [0.4, 0.5) is 0 Å². The number of hydrogen-bond acceptors (Lipinski definition) is 3. The molecule has 0 amide bonds. The van der Waals surface area contributed by atoms with E-state index in [0.717, 1.165) is 12.8 Å². The smallest absolute Gasteiger partial charge is 0.163 e. The van der Waals surface area contributed by atoms with E-state index in [-0.39, 0.29) is 17.3 Å². The van der Waals surface area contributed by atoms with E-state index in [2.05, 4.69) is 6.92 Å². The summed E-state index contributed by atoms with van der Waals surface area (Å²) in [6, 6.07) is 4.31. The normalized spacial score (nSPS) is 11.2. The summed E-state index contributed by atoms with van der Waals surface area (Å²) in [7, 11) is 0. The van der Waals surface area contributed by atoms with Crippen LogP contribution >= 0.6 is 0 Å². The van der Waals surface area contributed by atoms with Gasteiger partial charge in [-0.15, -0.1) is 0 Å². The van der Waals surface area contributed by atoms with Crippen LogP contribution in [0.5, 0.6) is 11.5 Å². The van der Waals surface area contributed by atoms with Crippen LogP contribution in [0.15, 0.2) is 18.2 Å². The first-order chi connectivity index (χ1) is 16.1. The summed E-state index contributed by atoms with van der Waals surface area (Å²) in [6.07, 6.45) is 29.0. The molecule has 0 unspecified atom stereocenters. The summed E-state index contributed by atoms with van der Waals surface area (Å²) in [5, 5.41) is 18.8. The molecule has 0 bridgehead atoms. The highest BCUT2D eigenvalue weighted by atomic mass is 16.3. The van der Waals surface area contributed by atoms with Crippen molar-refractivity contribution in [2.24, 2.45) is 0 Å². The molecule has 0 spiro atoms. The van der Waals surface area contributed by atoms with Crippen molar-refractivity contribution in [2.45, 2.75) is 148 Å². The number of phenols is 2. The predicted octanol–water partition coefficient (Wildman–Crippen LogP) is 9.88. The molecule has 1 aromatic carbocycles. The van der Waals surface area contributed by atoms with Gasteiger partial charge in [0.15, 0.2) is 17.3 Å². The average Bonchev–Trinajstić information content (AvgIpc) is 2.81. The molecule has 3 heteroatoms. The van der Waals surface area contributed by atoms with Crippen LogP contribution in [-0.2, 0) is 0 Å². The molecule has 1 rings (SSSR count). The Bertz CT molecular complexity index is 596. The zero-order valence-corrected chi connectivity index (χ0v) is 21.6. The van der Waals surface area contributed by atoms with Crippen molar-refractivity contribution in [2.75, 3.05) is 0 Å². The number of rotatable bonds is 23. The standard InChI is InChI=1S/C30H52O3/c1-2-3-4-5-6-7-8-9-10-11-12-13-14-15-16-17-18-19-20-21-22-23-28(31)27-24-25-29(32)30(33)26-27/h24-26,32-33H,2-23H2,1H3. The molecule has 33 heavy (non-hydrogen) atoms. The maximum atomic E-state index is 12.1. The first-order valence-corrected chi connectivity index (χ1v) is 14.2. The van der Waals surface area contributed by atoms with Gasteiger partial charge in [0.1, 0.15) is 0 Å². The molecule has 0 aliphatic rings. The molecule has 2 N–H and O–H groups in total. The lowest BCUT2D eigenvalue weighted by Crippen LogP contribution is -1.98. The molecule has 0 radical (unpaired) electrons. The fourth-order valence-electron chi connectivity index (χ4n) is 4.56. The van der Waals surface area contributed by atoms with Crippen molar-refractivity contribution in [3.63, 3.8) is 0 Å². The summed E-state index contributed by atoms with van der Waals surface area (Å²) >= 11 is 0. The summed E-state index contributed by atoms with van der Waals surface area (Å²) in [4.78, 5) is 12.1. The lowest BCUT2D eigenvalue weighted by atomic mass is 10.0. The van der Waals surface area contributed by atoms with Crippen LogP contribution in [-0.4, -0.2) is 16.0 Å². The third-order valence-electron chi connectivity index (χ3n) is 6.80. The number of ketones is 1. The van der Waals surface area contributed by atoms with Gasteiger partial charge >= 0.3 is 0 Å². The summed E-state index contributed by atoms with van der Waals surface area (Å²) in [6.45, 7) is 2.29. The molecule has 1 aromatic rings. The Kier molecular flexibility index (Phi) is 18.8. The molecule has 0 saturated carbocycles. The van der Waals surface area contributed by atoms with Crippen LogP contribution < -0.4 is 0 Å². The molecule has 0 saturated heterocycles. The number of Topliss-reactive ketones (excluding diaryl/α,β-unsaturated/α-hetero) is 1. The second-order valence-corrected chi connectivity index (χ2v) is 9.95. The predicted molar refractivity (Wildman–Crippen MR) is 141 cm³/mol. The van der Waals surface area contributed by atoms with Crippen molar-refractivity contribution in [3.05, 3.63) is 23.8 Å². The van der Waals surface area contributed by atoms with E-state index in [1.165, 1.54) is 134 Å². The summed E-state index contributed by atoms with van der Waals surface area (Å²) < 4.78 is 0. The van der Waals surface area contributed by atoms with Gasteiger partial charge in [-0.3, -0.25) is 4.79 Å². The van der Waals surface area contributed by atoms with Crippen molar-refractivity contribution < 1.29 is 15.0 Å². The molecule has 3 nitrogen and oxygen atoms in total. The Hall–Kier alpha value is -1.51. The zero-order chi connectivity index (χ0) is 24.0. The third-order valence-corrected chi connectivity index (χ3v) is 6.80. The maximum absolute atomic E-state index is 12.1. The van der Waals surface area contributed by atoms with Gasteiger partial charge in [-0.2, -0.15) is 0 Å². The first-order valence-electron chi connectivity index (χ1n) is 14.2. The van der Waals surface area contributed by atoms with Gasteiger partial charge in [0.25, 0.3) is 0 Å². The number of benzene rings is 1. The quantitative estimate of drug-likeness (QED) is 0.0970. The van der Waals surface area contributed by atoms with Crippen LogP contribution in [0.25, 0.3) is 0 Å². The van der Waals surface area contributed by atoms with Gasteiger partial charge in [-0.1, -0.05) is 135 Å². The van der Waals surface area contributed by atoms with Gasteiger partial charge in [-0.05, 0) is 24.6 Å². The highest BCUT2D eigenvalue weighted by Gasteiger charge is 2.08. The van der Waals surface area contributed by atoms with Gasteiger partial charge in [0.05, 0.1) is 0 Å². The number of aromatic hydroxyl groups is 2. The van der Waals surface area contributed by atoms with Gasteiger partial charge in [0, 0.05) is 12.0 Å². The second kappa shape index (κ2) is 21.1. The highest BCUT2D eigenvalue weighted by molar-refractivity contribution is 5.96. The third kappa shape index (κ3) is 16.7. The zero-order valence-electron chi connectivity index (χ0n) is 21.6. The first kappa shape index (κ1) is 29.5. The van der Waals surface area contributed by atoms with Gasteiger partial charge in [-0.25, -0.2) is 0 Å². The van der Waals surface area contributed by atoms with Crippen molar-refractivity contribution >= 4 is 5.78 Å². The van der Waals surface area contributed by atoms with Crippen molar-refractivity contribution in [1.29, 1.82) is 0 Å². The molecule has 0 atom stereocenters. The summed E-state index contributed by atoms with van der Waals surface area (Å²) in [5.74, 6) is -0.358. The van der Waals surface area contributed by atoms with Crippen LogP contribution in [0.2, 0.25) is 0 Å². The molecule has 0 aromatic heterocycles. The molecule has 0 heterocycles. The molecular weight excluding hydrogens is 408 g/mol. The Morgan fingerprint density at radius 2 is 0.909 bits per heavy atom. The Morgan fingerprint density at radius 3 is 1.27 bits per heavy atom. The Morgan fingerprint density at radius 1 is 0.545 bits per heavy atom. The molecule has 0 fully saturated rings. The fraction of sp³-hybridized carbons (Fsp3) is 0.767. The molecule has 0 aliphatic heterocycles. The van der Waals surface area contributed by atoms with Crippen LogP contribution in [0, 0.1) is 0 Å². The number of phenolic OH excluding ortho intramolecular Hbond substituents is 2. The topological polar surface area (TPSA) is 57.5 Å². The van der Waals surface area contributed by atoms with E-state index < -0.39 is 0 Å². The minimum Gasteiger partial charge on any atom is -0.504 e. The van der Waals surface area contributed by atoms with E-state index in [1.807, 2.05) is 0 Å². The minimum absolute atomic E-state index is 0.0445. The monoisotopic (exact) mass is 460 g/mol. The van der Waals surface area contributed by atoms with E-state index in [1.54, 1.807) is 6.07 Å². The lowest BCUT2D eigenvalue weighted by Gasteiger charge is -2.05. The Balaban J connectivity index is 1.77. The number of unbranched alkanes of at least 4 members (excludes halogenated alkanes) is 20. The van der Waals surface area contributed by atoms with Gasteiger partial charge < -0.3 is 10.2 Å². The highest BCUT2D eigenvalue weighted by Crippen LogP contribution is 2.25. The number of carbonyl (C=O) groups is 1. The van der Waals surface area contributed by atoms with E-state index in [4.69, 9.17) is 0 Å². The Labute approximate surface area is 204 Å². The van der Waals surface area contributed by atoms with Crippen molar-refractivity contribution in [3.8, 4) is 11.5 Å².